The summed E-state index contributed by atoms with van der Waals surface area (Å²) in [6.45, 7) is -0.0566. The van der Waals surface area contributed by atoms with E-state index >= 15 is 0 Å². The quantitative estimate of drug-likeness (QED) is 0.871. The number of benzene rings is 2. The summed E-state index contributed by atoms with van der Waals surface area (Å²) >= 11 is 8.98. The van der Waals surface area contributed by atoms with Gasteiger partial charge in [-0.25, -0.2) is 0 Å². The van der Waals surface area contributed by atoms with Crippen LogP contribution in [0, 0.1) is 0 Å². The molecule has 0 bridgehead atoms. The van der Waals surface area contributed by atoms with Crippen LogP contribution in [0.15, 0.2) is 40.9 Å². The van der Waals surface area contributed by atoms with E-state index in [0.717, 1.165) is 15.2 Å². The third-order valence-electron chi connectivity index (χ3n) is 2.44. The molecule has 2 rings (SSSR count). The summed E-state index contributed by atoms with van der Waals surface area (Å²) in [5, 5.41) is 9.71. The average Bonchev–Trinajstić information content (AvgIpc) is 2.35. The molecular weight excluding hydrogens is 319 g/mol. The number of ether oxygens (including phenoxy) is 1. The molecule has 0 aliphatic heterocycles. The first-order valence-corrected chi connectivity index (χ1v) is 6.48. The maximum Gasteiger partial charge on any atom is 0.325 e. The lowest BCUT2D eigenvalue weighted by atomic mass is 10.1. The SMILES string of the molecule is O=C(O)C(Cl)COc1ccc2cc(Br)ccc2c1. The van der Waals surface area contributed by atoms with Crippen molar-refractivity contribution in [3.8, 4) is 5.75 Å². The van der Waals surface area contributed by atoms with E-state index in [1.54, 1.807) is 6.07 Å². The highest BCUT2D eigenvalue weighted by Crippen LogP contribution is 2.24. The van der Waals surface area contributed by atoms with Crippen molar-refractivity contribution in [2.24, 2.45) is 0 Å². The normalized spacial score (nSPS) is 12.3. The first-order chi connectivity index (χ1) is 8.56. The van der Waals surface area contributed by atoms with Gasteiger partial charge in [-0.3, -0.25) is 4.79 Å². The van der Waals surface area contributed by atoms with Gasteiger partial charge in [0.2, 0.25) is 0 Å². The highest BCUT2D eigenvalue weighted by atomic mass is 79.9. The highest BCUT2D eigenvalue weighted by molar-refractivity contribution is 9.10. The van der Waals surface area contributed by atoms with Gasteiger partial charge in [-0.05, 0) is 35.0 Å². The summed E-state index contributed by atoms with van der Waals surface area (Å²) in [7, 11) is 0. The lowest BCUT2D eigenvalue weighted by Gasteiger charge is -2.09. The van der Waals surface area contributed by atoms with Gasteiger partial charge in [0.15, 0.2) is 5.38 Å². The molecular formula is C13H10BrClO3. The van der Waals surface area contributed by atoms with Crippen molar-refractivity contribution in [1.29, 1.82) is 0 Å². The van der Waals surface area contributed by atoms with Crippen molar-refractivity contribution in [3.63, 3.8) is 0 Å². The van der Waals surface area contributed by atoms with Crippen LogP contribution in [0.25, 0.3) is 10.8 Å². The highest BCUT2D eigenvalue weighted by Gasteiger charge is 2.14. The van der Waals surface area contributed by atoms with Gasteiger partial charge in [-0.2, -0.15) is 0 Å². The monoisotopic (exact) mass is 328 g/mol. The molecule has 1 N–H and O–H groups in total. The number of halogens is 2. The molecule has 94 valence electrons. The maximum absolute atomic E-state index is 10.6. The van der Waals surface area contributed by atoms with Gasteiger partial charge in [0.05, 0.1) is 0 Å². The first-order valence-electron chi connectivity index (χ1n) is 5.25. The molecule has 0 spiro atoms. The molecule has 3 nitrogen and oxygen atoms in total. The number of fused-ring (bicyclic) bond motifs is 1. The van der Waals surface area contributed by atoms with Gasteiger partial charge < -0.3 is 9.84 Å². The Bertz CT molecular complexity index is 585. The second-order valence-corrected chi connectivity index (χ2v) is 5.21. The summed E-state index contributed by atoms with van der Waals surface area (Å²) in [5.41, 5.74) is 0. The lowest BCUT2D eigenvalue weighted by Crippen LogP contribution is -2.21. The number of hydrogen-bond donors (Lipinski definition) is 1. The van der Waals surface area contributed by atoms with Crippen LogP contribution in [0.4, 0.5) is 0 Å². The Morgan fingerprint density at radius 2 is 1.94 bits per heavy atom. The van der Waals surface area contributed by atoms with Crippen LogP contribution >= 0.6 is 27.5 Å². The maximum atomic E-state index is 10.6. The number of rotatable bonds is 4. The number of carboxylic acid groups (broad SMARTS) is 1. The molecule has 0 heterocycles. The van der Waals surface area contributed by atoms with Crippen molar-refractivity contribution < 1.29 is 14.6 Å². The van der Waals surface area contributed by atoms with E-state index in [2.05, 4.69) is 15.9 Å². The van der Waals surface area contributed by atoms with Crippen LogP contribution in [0.3, 0.4) is 0 Å². The lowest BCUT2D eigenvalue weighted by molar-refractivity contribution is -0.137. The fourth-order valence-electron chi connectivity index (χ4n) is 1.53. The standard InChI is InChI=1S/C13H10BrClO3/c14-10-3-1-9-6-11(4-2-8(9)5-10)18-7-12(15)13(16)17/h1-6,12H,7H2,(H,16,17). The summed E-state index contributed by atoms with van der Waals surface area (Å²) < 4.78 is 6.35. The molecule has 0 aliphatic carbocycles. The molecule has 0 saturated heterocycles. The molecule has 18 heavy (non-hydrogen) atoms. The summed E-state index contributed by atoms with van der Waals surface area (Å²) in [4.78, 5) is 10.6. The van der Waals surface area contributed by atoms with Crippen LogP contribution < -0.4 is 4.74 Å². The summed E-state index contributed by atoms with van der Waals surface area (Å²) in [5.74, 6) is -0.474. The number of aliphatic carboxylic acids is 1. The predicted octanol–water partition coefficient (Wildman–Crippen LogP) is 3.67. The fourth-order valence-corrected chi connectivity index (χ4v) is 1.97. The van der Waals surface area contributed by atoms with E-state index in [1.165, 1.54) is 0 Å². The van der Waals surface area contributed by atoms with Gasteiger partial charge in [-0.15, -0.1) is 11.6 Å². The molecule has 0 aliphatic rings. The van der Waals surface area contributed by atoms with Gasteiger partial charge in [0.1, 0.15) is 12.4 Å². The van der Waals surface area contributed by atoms with E-state index in [9.17, 15) is 4.79 Å². The van der Waals surface area contributed by atoms with E-state index in [-0.39, 0.29) is 6.61 Å². The molecule has 2 aromatic carbocycles. The second kappa shape index (κ2) is 5.59. The van der Waals surface area contributed by atoms with Crippen LogP contribution in [0.2, 0.25) is 0 Å². The fraction of sp³-hybridized carbons (Fsp3) is 0.154. The van der Waals surface area contributed by atoms with Crippen molar-refractivity contribution in [1.82, 2.24) is 0 Å². The Balaban J connectivity index is 2.15. The van der Waals surface area contributed by atoms with E-state index in [4.69, 9.17) is 21.4 Å². The zero-order valence-electron chi connectivity index (χ0n) is 9.27. The van der Waals surface area contributed by atoms with Crippen molar-refractivity contribution in [3.05, 3.63) is 40.9 Å². The Morgan fingerprint density at radius 3 is 2.67 bits per heavy atom. The van der Waals surface area contributed by atoms with E-state index < -0.39 is 11.3 Å². The topological polar surface area (TPSA) is 46.5 Å². The van der Waals surface area contributed by atoms with Crippen molar-refractivity contribution in [2.75, 3.05) is 6.61 Å². The van der Waals surface area contributed by atoms with E-state index in [1.807, 2.05) is 30.3 Å². The van der Waals surface area contributed by atoms with Crippen LogP contribution in [-0.2, 0) is 4.79 Å². The zero-order valence-corrected chi connectivity index (χ0v) is 11.6. The van der Waals surface area contributed by atoms with Gasteiger partial charge in [0, 0.05) is 4.47 Å². The van der Waals surface area contributed by atoms with Crippen molar-refractivity contribution >= 4 is 44.3 Å². The average molecular weight is 330 g/mol. The molecule has 1 unspecified atom stereocenters. The molecule has 2 aromatic rings. The minimum Gasteiger partial charge on any atom is -0.491 e. The molecule has 0 radical (unpaired) electrons. The van der Waals surface area contributed by atoms with Crippen LogP contribution in [0.1, 0.15) is 0 Å². The Hall–Kier alpha value is -1.26. The Morgan fingerprint density at radius 1 is 1.28 bits per heavy atom. The smallest absolute Gasteiger partial charge is 0.325 e. The molecule has 0 fully saturated rings. The first kappa shape index (κ1) is 13.2. The van der Waals surface area contributed by atoms with Crippen LogP contribution in [-0.4, -0.2) is 23.1 Å². The second-order valence-electron chi connectivity index (χ2n) is 3.77. The van der Waals surface area contributed by atoms with Crippen molar-refractivity contribution in [2.45, 2.75) is 5.38 Å². The molecule has 0 saturated carbocycles. The molecule has 1 atom stereocenters. The minimum absolute atomic E-state index is 0.0566. The van der Waals surface area contributed by atoms with Gasteiger partial charge in [-0.1, -0.05) is 28.1 Å². The summed E-state index contributed by atoms with van der Waals surface area (Å²) in [6, 6.07) is 11.5. The predicted molar refractivity (Wildman–Crippen MR) is 74.4 cm³/mol. The number of carbonyl (C=O) groups is 1. The van der Waals surface area contributed by atoms with Gasteiger partial charge >= 0.3 is 5.97 Å². The third kappa shape index (κ3) is 3.15. The largest absolute Gasteiger partial charge is 0.491 e. The number of hydrogen-bond acceptors (Lipinski definition) is 2. The van der Waals surface area contributed by atoms with Gasteiger partial charge in [0.25, 0.3) is 0 Å². The molecule has 5 heteroatoms. The molecule has 0 amide bonds. The zero-order chi connectivity index (χ0) is 13.1. The van der Waals surface area contributed by atoms with E-state index in [0.29, 0.717) is 5.75 Å². The van der Waals surface area contributed by atoms with Crippen LogP contribution in [0.5, 0.6) is 5.75 Å². The molecule has 0 aromatic heterocycles. The summed E-state index contributed by atoms with van der Waals surface area (Å²) in [6.07, 6.45) is 0. The Kier molecular flexibility index (Phi) is 4.09. The Labute approximate surface area is 117 Å². The third-order valence-corrected chi connectivity index (χ3v) is 3.24. The minimum atomic E-state index is -1.08. The number of carboxylic acids is 1. The number of alkyl halides is 1.